The minimum atomic E-state index is -3.10. The van der Waals surface area contributed by atoms with Crippen molar-refractivity contribution in [2.45, 2.75) is 12.8 Å². The van der Waals surface area contributed by atoms with E-state index >= 15 is 0 Å². The predicted octanol–water partition coefficient (Wildman–Crippen LogP) is 0.145. The summed E-state index contributed by atoms with van der Waals surface area (Å²) < 4.78 is 23.2. The van der Waals surface area contributed by atoms with Crippen LogP contribution in [-0.2, 0) is 24.2 Å². The zero-order valence-electron chi connectivity index (χ0n) is 16.2. The fraction of sp³-hybridized carbons (Fsp3) is 0.550. The summed E-state index contributed by atoms with van der Waals surface area (Å²) in [4.78, 5) is 42.9. The van der Waals surface area contributed by atoms with Crippen molar-refractivity contribution in [1.29, 1.82) is 0 Å². The first-order valence-corrected chi connectivity index (χ1v) is 11.8. The number of hydrogen-bond donors (Lipinski definition) is 0. The third kappa shape index (κ3) is 4.14. The summed E-state index contributed by atoms with van der Waals surface area (Å²) in [6.07, 6.45) is 0.590. The van der Waals surface area contributed by atoms with Gasteiger partial charge >= 0.3 is 0 Å². The topological polar surface area (TPSA) is 95.1 Å². The van der Waals surface area contributed by atoms with Crippen LogP contribution in [0.25, 0.3) is 0 Å². The van der Waals surface area contributed by atoms with Gasteiger partial charge in [-0.1, -0.05) is 18.2 Å². The van der Waals surface area contributed by atoms with Crippen LogP contribution in [0, 0.1) is 11.8 Å². The molecule has 1 aromatic carbocycles. The van der Waals surface area contributed by atoms with Gasteiger partial charge in [-0.2, -0.15) is 0 Å². The van der Waals surface area contributed by atoms with Gasteiger partial charge in [0, 0.05) is 44.8 Å². The molecule has 0 spiro atoms. The van der Waals surface area contributed by atoms with Gasteiger partial charge in [0.25, 0.3) is 0 Å². The lowest BCUT2D eigenvalue weighted by molar-refractivity contribution is -0.143. The number of piperazine rings is 1. The maximum absolute atomic E-state index is 12.9. The van der Waals surface area contributed by atoms with Gasteiger partial charge in [0.2, 0.25) is 17.7 Å². The molecule has 3 aliphatic heterocycles. The molecule has 0 saturated carbocycles. The Hall–Kier alpha value is -2.42. The van der Waals surface area contributed by atoms with Gasteiger partial charge in [-0.3, -0.25) is 14.4 Å². The van der Waals surface area contributed by atoms with E-state index in [2.05, 4.69) is 0 Å². The van der Waals surface area contributed by atoms with Crippen molar-refractivity contribution in [3.05, 3.63) is 30.3 Å². The number of anilines is 1. The van der Waals surface area contributed by atoms with Gasteiger partial charge < -0.3 is 14.7 Å². The zero-order valence-corrected chi connectivity index (χ0v) is 17.0. The summed E-state index contributed by atoms with van der Waals surface area (Å²) in [6.45, 7) is 2.02. The van der Waals surface area contributed by atoms with E-state index in [1.54, 1.807) is 14.7 Å². The number of carbonyl (C=O) groups excluding carboxylic acids is 3. The van der Waals surface area contributed by atoms with Gasteiger partial charge in [-0.05, 0) is 18.6 Å². The molecule has 8 nitrogen and oxygen atoms in total. The van der Waals surface area contributed by atoms with E-state index in [1.165, 1.54) is 0 Å². The third-order valence-electron chi connectivity index (χ3n) is 6.03. The van der Waals surface area contributed by atoms with Crippen LogP contribution < -0.4 is 4.90 Å². The number of amides is 3. The molecule has 0 aromatic heterocycles. The standard InChI is InChI=1S/C20H25N3O5S/c24-18-12-16(13-23(18)17-4-2-1-3-5-17)20(26)22-9-7-21(8-10-22)19(25)15-6-11-29(27,28)14-15/h1-5,15-16H,6-14H2/t15-,16+/m1/s1. The highest BCUT2D eigenvalue weighted by Gasteiger charge is 2.40. The zero-order chi connectivity index (χ0) is 20.6. The third-order valence-corrected chi connectivity index (χ3v) is 7.79. The van der Waals surface area contributed by atoms with Crippen molar-refractivity contribution in [2.24, 2.45) is 11.8 Å². The molecule has 0 unspecified atom stereocenters. The summed E-state index contributed by atoms with van der Waals surface area (Å²) in [5.41, 5.74) is 0.801. The van der Waals surface area contributed by atoms with E-state index in [9.17, 15) is 22.8 Å². The molecule has 2 atom stereocenters. The summed E-state index contributed by atoms with van der Waals surface area (Å²) >= 11 is 0. The lowest BCUT2D eigenvalue weighted by Crippen LogP contribution is -2.53. The smallest absolute Gasteiger partial charge is 0.228 e. The number of sulfone groups is 1. The van der Waals surface area contributed by atoms with E-state index in [4.69, 9.17) is 0 Å². The quantitative estimate of drug-likeness (QED) is 0.695. The van der Waals surface area contributed by atoms with E-state index in [-0.39, 0.29) is 41.6 Å². The van der Waals surface area contributed by atoms with Gasteiger partial charge in [0.15, 0.2) is 9.84 Å². The number of carbonyl (C=O) groups is 3. The molecule has 3 saturated heterocycles. The number of benzene rings is 1. The molecule has 4 rings (SSSR count). The molecule has 0 bridgehead atoms. The second-order valence-corrected chi connectivity index (χ2v) is 10.2. The molecular weight excluding hydrogens is 394 g/mol. The number of para-hydroxylation sites is 1. The van der Waals surface area contributed by atoms with Gasteiger partial charge in [0.1, 0.15) is 0 Å². The molecule has 156 valence electrons. The van der Waals surface area contributed by atoms with Crippen molar-refractivity contribution < 1.29 is 22.8 Å². The van der Waals surface area contributed by atoms with Crippen molar-refractivity contribution >= 4 is 33.2 Å². The first-order chi connectivity index (χ1) is 13.8. The van der Waals surface area contributed by atoms with Crippen LogP contribution in [0.3, 0.4) is 0 Å². The second kappa shape index (κ2) is 7.78. The Bertz CT molecular complexity index is 909. The summed E-state index contributed by atoms with van der Waals surface area (Å²) in [7, 11) is -3.10. The molecule has 3 amide bonds. The highest BCUT2D eigenvalue weighted by molar-refractivity contribution is 7.91. The Kier molecular flexibility index (Phi) is 5.33. The Morgan fingerprint density at radius 3 is 2.03 bits per heavy atom. The molecule has 3 aliphatic rings. The van der Waals surface area contributed by atoms with Crippen LogP contribution in [0.5, 0.6) is 0 Å². The van der Waals surface area contributed by atoms with E-state index in [1.807, 2.05) is 30.3 Å². The fourth-order valence-corrected chi connectivity index (χ4v) is 6.12. The number of hydrogen-bond acceptors (Lipinski definition) is 5. The lowest BCUT2D eigenvalue weighted by Gasteiger charge is -2.36. The predicted molar refractivity (Wildman–Crippen MR) is 107 cm³/mol. The molecule has 0 radical (unpaired) electrons. The average molecular weight is 420 g/mol. The summed E-state index contributed by atoms with van der Waals surface area (Å²) in [6, 6.07) is 9.33. The Morgan fingerprint density at radius 2 is 1.48 bits per heavy atom. The molecule has 9 heteroatoms. The minimum Gasteiger partial charge on any atom is -0.339 e. The van der Waals surface area contributed by atoms with Crippen LogP contribution in [0.4, 0.5) is 5.69 Å². The van der Waals surface area contributed by atoms with Crippen LogP contribution in [0.2, 0.25) is 0 Å². The highest BCUT2D eigenvalue weighted by Crippen LogP contribution is 2.27. The molecular formula is C20H25N3O5S. The van der Waals surface area contributed by atoms with E-state index in [0.717, 1.165) is 5.69 Å². The fourth-order valence-electron chi connectivity index (χ4n) is 4.38. The van der Waals surface area contributed by atoms with Crippen molar-refractivity contribution in [3.8, 4) is 0 Å². The molecule has 0 N–H and O–H groups in total. The average Bonchev–Trinajstić information content (AvgIpc) is 3.29. The van der Waals surface area contributed by atoms with Crippen molar-refractivity contribution in [3.63, 3.8) is 0 Å². The van der Waals surface area contributed by atoms with Crippen LogP contribution >= 0.6 is 0 Å². The van der Waals surface area contributed by atoms with Crippen LogP contribution in [0.1, 0.15) is 12.8 Å². The minimum absolute atomic E-state index is 0.0488. The molecule has 3 heterocycles. The molecule has 0 aliphatic carbocycles. The van der Waals surface area contributed by atoms with Crippen LogP contribution in [-0.4, -0.2) is 80.2 Å². The lowest BCUT2D eigenvalue weighted by atomic mass is 10.1. The summed E-state index contributed by atoms with van der Waals surface area (Å²) in [5.74, 6) is -1.03. The second-order valence-electron chi connectivity index (χ2n) is 7.99. The largest absolute Gasteiger partial charge is 0.339 e. The maximum atomic E-state index is 12.9. The Balaban J connectivity index is 1.31. The first-order valence-electron chi connectivity index (χ1n) is 9.97. The highest BCUT2D eigenvalue weighted by atomic mass is 32.2. The van der Waals surface area contributed by atoms with Crippen LogP contribution in [0.15, 0.2) is 30.3 Å². The normalized spacial score (nSPS) is 26.8. The maximum Gasteiger partial charge on any atom is 0.228 e. The van der Waals surface area contributed by atoms with Gasteiger partial charge in [0.05, 0.1) is 23.3 Å². The molecule has 3 fully saturated rings. The number of rotatable bonds is 3. The van der Waals surface area contributed by atoms with Crippen molar-refractivity contribution in [1.82, 2.24) is 9.80 Å². The first kappa shape index (κ1) is 19.9. The molecule has 1 aromatic rings. The summed E-state index contributed by atoms with van der Waals surface area (Å²) in [5, 5.41) is 0. The van der Waals surface area contributed by atoms with E-state index < -0.39 is 15.8 Å². The van der Waals surface area contributed by atoms with Crippen molar-refractivity contribution in [2.75, 3.05) is 49.1 Å². The Morgan fingerprint density at radius 1 is 0.897 bits per heavy atom. The monoisotopic (exact) mass is 419 g/mol. The van der Waals surface area contributed by atoms with Gasteiger partial charge in [-0.15, -0.1) is 0 Å². The van der Waals surface area contributed by atoms with E-state index in [0.29, 0.717) is 39.1 Å². The number of nitrogens with zero attached hydrogens (tertiary/aromatic N) is 3. The SMILES string of the molecule is O=C([C@@H]1CCS(=O)(=O)C1)N1CCN(C(=O)[C@H]2CC(=O)N(c3ccccc3)C2)CC1. The Labute approximate surface area is 170 Å². The van der Waals surface area contributed by atoms with Gasteiger partial charge in [-0.25, -0.2) is 8.42 Å². The molecule has 29 heavy (non-hydrogen) atoms.